The predicted molar refractivity (Wildman–Crippen MR) is 101 cm³/mol. The number of hydrogen-bond donors (Lipinski definition) is 3. The second-order valence-electron chi connectivity index (χ2n) is 5.97. The van der Waals surface area contributed by atoms with Crippen molar-refractivity contribution in [3.63, 3.8) is 0 Å². The minimum atomic E-state index is -0.464. The van der Waals surface area contributed by atoms with Crippen molar-refractivity contribution < 1.29 is 8.78 Å². The lowest BCUT2D eigenvalue weighted by Gasteiger charge is -2.11. The molecule has 0 aliphatic carbocycles. The molecule has 0 atom stereocenters. The van der Waals surface area contributed by atoms with Gasteiger partial charge in [0.15, 0.2) is 5.96 Å². The van der Waals surface area contributed by atoms with Crippen LogP contribution in [0.3, 0.4) is 0 Å². The van der Waals surface area contributed by atoms with E-state index in [9.17, 15) is 8.78 Å². The van der Waals surface area contributed by atoms with Gasteiger partial charge in [0.2, 0.25) is 0 Å². The van der Waals surface area contributed by atoms with E-state index in [1.807, 2.05) is 31.3 Å². The summed E-state index contributed by atoms with van der Waals surface area (Å²) < 4.78 is 27.0. The van der Waals surface area contributed by atoms with Gasteiger partial charge in [0, 0.05) is 35.8 Å². The Hall–Kier alpha value is -2.89. The number of guanidine groups is 1. The molecule has 3 aromatic rings. The molecule has 1 aromatic heterocycles. The summed E-state index contributed by atoms with van der Waals surface area (Å²) in [6, 6.07) is 11.6. The number of aromatic nitrogens is 1. The molecule has 2 aromatic carbocycles. The summed E-state index contributed by atoms with van der Waals surface area (Å²) in [5.41, 5.74) is 2.57. The van der Waals surface area contributed by atoms with E-state index in [0.29, 0.717) is 19.0 Å². The molecular formula is C20H22F2N4. The van der Waals surface area contributed by atoms with Gasteiger partial charge >= 0.3 is 0 Å². The van der Waals surface area contributed by atoms with E-state index in [1.165, 1.54) is 17.0 Å². The molecule has 0 radical (unpaired) electrons. The van der Waals surface area contributed by atoms with Gasteiger partial charge in [0.05, 0.1) is 6.54 Å². The van der Waals surface area contributed by atoms with Crippen LogP contribution in [0.4, 0.5) is 8.78 Å². The molecular weight excluding hydrogens is 334 g/mol. The highest BCUT2D eigenvalue weighted by Gasteiger charge is 2.06. The lowest BCUT2D eigenvalue weighted by molar-refractivity contribution is 0.585. The molecule has 3 N–H and O–H groups in total. The maximum atomic E-state index is 13.7. The second kappa shape index (κ2) is 8.47. The number of nitrogens with one attached hydrogen (secondary N) is 3. The number of para-hydroxylation sites is 1. The molecule has 0 unspecified atom stereocenters. The first kappa shape index (κ1) is 17.9. The zero-order valence-corrected chi connectivity index (χ0v) is 14.7. The third-order valence-corrected chi connectivity index (χ3v) is 4.12. The Morgan fingerprint density at radius 3 is 2.77 bits per heavy atom. The van der Waals surface area contributed by atoms with Gasteiger partial charge in [-0.25, -0.2) is 13.8 Å². The van der Waals surface area contributed by atoms with E-state index in [4.69, 9.17) is 0 Å². The molecule has 0 spiro atoms. The molecule has 0 aliphatic heterocycles. The van der Waals surface area contributed by atoms with Crippen LogP contribution < -0.4 is 10.6 Å². The van der Waals surface area contributed by atoms with Gasteiger partial charge in [-0.05, 0) is 43.2 Å². The van der Waals surface area contributed by atoms with Crippen molar-refractivity contribution in [3.8, 4) is 0 Å². The molecule has 3 rings (SSSR count). The summed E-state index contributed by atoms with van der Waals surface area (Å²) in [4.78, 5) is 7.61. The van der Waals surface area contributed by atoms with Gasteiger partial charge in [-0.3, -0.25) is 0 Å². The largest absolute Gasteiger partial charge is 0.361 e. The summed E-state index contributed by atoms with van der Waals surface area (Å²) in [6.45, 7) is 3.40. The molecule has 0 amide bonds. The molecule has 0 saturated heterocycles. The van der Waals surface area contributed by atoms with Crippen LogP contribution in [0.25, 0.3) is 10.9 Å². The predicted octanol–water partition coefficient (Wildman–Crippen LogP) is 3.74. The van der Waals surface area contributed by atoms with Crippen molar-refractivity contribution in [2.45, 2.75) is 19.9 Å². The van der Waals surface area contributed by atoms with Crippen LogP contribution in [0.1, 0.15) is 18.1 Å². The Labute approximate surface area is 151 Å². The van der Waals surface area contributed by atoms with Gasteiger partial charge in [-0.15, -0.1) is 0 Å². The summed E-state index contributed by atoms with van der Waals surface area (Å²) >= 11 is 0. The number of benzene rings is 2. The summed E-state index contributed by atoms with van der Waals surface area (Å²) in [7, 11) is 0. The number of nitrogens with zero attached hydrogens (tertiary/aromatic N) is 1. The van der Waals surface area contributed by atoms with E-state index in [1.54, 1.807) is 0 Å². The number of hydrogen-bond acceptors (Lipinski definition) is 1. The van der Waals surface area contributed by atoms with Crippen LogP contribution in [0.5, 0.6) is 0 Å². The van der Waals surface area contributed by atoms with Gasteiger partial charge in [-0.2, -0.15) is 0 Å². The summed E-state index contributed by atoms with van der Waals surface area (Å²) in [5, 5.41) is 7.56. The highest BCUT2D eigenvalue weighted by Crippen LogP contribution is 2.17. The lowest BCUT2D eigenvalue weighted by atomic mass is 10.1. The Morgan fingerprint density at radius 2 is 1.92 bits per heavy atom. The van der Waals surface area contributed by atoms with E-state index in [0.717, 1.165) is 24.1 Å². The zero-order chi connectivity index (χ0) is 18.4. The Morgan fingerprint density at radius 1 is 1.08 bits per heavy atom. The molecule has 0 bridgehead atoms. The molecule has 0 aliphatic rings. The molecule has 0 saturated carbocycles. The molecule has 1 heterocycles. The van der Waals surface area contributed by atoms with Crippen molar-refractivity contribution in [3.05, 3.63) is 71.4 Å². The van der Waals surface area contributed by atoms with Crippen LogP contribution in [-0.4, -0.2) is 24.0 Å². The van der Waals surface area contributed by atoms with E-state index < -0.39 is 11.6 Å². The van der Waals surface area contributed by atoms with Crippen LogP contribution in [0, 0.1) is 11.6 Å². The van der Waals surface area contributed by atoms with Gasteiger partial charge in [-0.1, -0.05) is 18.2 Å². The van der Waals surface area contributed by atoms with Crippen molar-refractivity contribution in [1.29, 1.82) is 0 Å². The Balaban J connectivity index is 1.62. The SMILES string of the molecule is CCNC(=NCc1cc(F)ccc1F)NCCc1c[nH]c2ccccc12. The van der Waals surface area contributed by atoms with Crippen molar-refractivity contribution in [2.75, 3.05) is 13.1 Å². The third-order valence-electron chi connectivity index (χ3n) is 4.12. The normalized spacial score (nSPS) is 11.7. The molecule has 136 valence electrons. The maximum Gasteiger partial charge on any atom is 0.191 e. The standard InChI is InChI=1S/C20H22F2N4/c1-2-23-20(26-13-15-11-16(21)7-8-18(15)22)24-10-9-14-12-25-19-6-4-3-5-17(14)19/h3-8,11-12,25H,2,9-10,13H2,1H3,(H2,23,24,26). The average molecular weight is 356 g/mol. The van der Waals surface area contributed by atoms with E-state index in [2.05, 4.69) is 26.7 Å². The van der Waals surface area contributed by atoms with E-state index in [-0.39, 0.29) is 12.1 Å². The highest BCUT2D eigenvalue weighted by molar-refractivity contribution is 5.83. The summed E-state index contributed by atoms with van der Waals surface area (Å²) in [5.74, 6) is -0.338. The fraction of sp³-hybridized carbons (Fsp3) is 0.250. The average Bonchev–Trinajstić information content (AvgIpc) is 3.05. The fourth-order valence-corrected chi connectivity index (χ4v) is 2.82. The number of aromatic amines is 1. The number of aliphatic imine (C=N–C) groups is 1. The molecule has 26 heavy (non-hydrogen) atoms. The van der Waals surface area contributed by atoms with Crippen LogP contribution in [-0.2, 0) is 13.0 Å². The smallest absolute Gasteiger partial charge is 0.191 e. The van der Waals surface area contributed by atoms with Gasteiger partial charge in [0.25, 0.3) is 0 Å². The monoisotopic (exact) mass is 356 g/mol. The first-order valence-electron chi connectivity index (χ1n) is 8.68. The highest BCUT2D eigenvalue weighted by atomic mass is 19.1. The van der Waals surface area contributed by atoms with Crippen molar-refractivity contribution in [1.82, 2.24) is 15.6 Å². The number of fused-ring (bicyclic) bond motifs is 1. The van der Waals surface area contributed by atoms with Crippen LogP contribution in [0.2, 0.25) is 0 Å². The lowest BCUT2D eigenvalue weighted by Crippen LogP contribution is -2.38. The number of H-pyrrole nitrogens is 1. The Bertz CT molecular complexity index is 902. The number of halogens is 2. The minimum Gasteiger partial charge on any atom is -0.361 e. The van der Waals surface area contributed by atoms with Crippen molar-refractivity contribution in [2.24, 2.45) is 4.99 Å². The number of rotatable bonds is 6. The van der Waals surface area contributed by atoms with E-state index >= 15 is 0 Å². The molecule has 0 fully saturated rings. The minimum absolute atomic E-state index is 0.0754. The zero-order valence-electron chi connectivity index (χ0n) is 14.7. The van der Waals surface area contributed by atoms with Gasteiger partial charge < -0.3 is 15.6 Å². The first-order chi connectivity index (χ1) is 12.7. The third kappa shape index (κ3) is 4.39. The topological polar surface area (TPSA) is 52.2 Å². The van der Waals surface area contributed by atoms with Gasteiger partial charge in [0.1, 0.15) is 11.6 Å². The fourth-order valence-electron chi connectivity index (χ4n) is 2.82. The van der Waals surface area contributed by atoms with Crippen LogP contribution in [0.15, 0.2) is 53.7 Å². The molecule has 4 nitrogen and oxygen atoms in total. The maximum absolute atomic E-state index is 13.7. The van der Waals surface area contributed by atoms with Crippen molar-refractivity contribution >= 4 is 16.9 Å². The van der Waals surface area contributed by atoms with Crippen LogP contribution >= 0.6 is 0 Å². The Kier molecular flexibility index (Phi) is 5.84. The molecule has 6 heteroatoms. The quantitative estimate of drug-likeness (QED) is 0.465. The summed E-state index contributed by atoms with van der Waals surface area (Å²) in [6.07, 6.45) is 2.83. The first-order valence-corrected chi connectivity index (χ1v) is 8.68. The second-order valence-corrected chi connectivity index (χ2v) is 5.97.